The summed E-state index contributed by atoms with van der Waals surface area (Å²) in [6.07, 6.45) is 1.57. The minimum Gasteiger partial charge on any atom is -0.438 e. The molecule has 0 aliphatic carbocycles. The van der Waals surface area contributed by atoms with Crippen LogP contribution in [0.3, 0.4) is 0 Å². The van der Waals surface area contributed by atoms with Gasteiger partial charge in [0.25, 0.3) is 0 Å². The van der Waals surface area contributed by atoms with Crippen molar-refractivity contribution in [2.75, 3.05) is 11.4 Å². The summed E-state index contributed by atoms with van der Waals surface area (Å²) in [6.45, 7) is 2.95. The molecule has 1 aliphatic rings. The minimum atomic E-state index is -0.258. The summed E-state index contributed by atoms with van der Waals surface area (Å²) in [4.78, 5) is 14.4. The van der Waals surface area contributed by atoms with E-state index in [1.54, 1.807) is 12.1 Å². The summed E-state index contributed by atoms with van der Waals surface area (Å²) in [6, 6.07) is 17.5. The van der Waals surface area contributed by atoms with Crippen LogP contribution < -0.4 is 4.90 Å². The first-order chi connectivity index (χ1) is 10.3. The average molecular weight is 281 g/mol. The van der Waals surface area contributed by atoms with Crippen molar-refractivity contribution >= 4 is 11.7 Å². The number of fused-ring (bicyclic) bond motifs is 1. The van der Waals surface area contributed by atoms with Crippen LogP contribution in [0, 0.1) is 0 Å². The Hall–Kier alpha value is -2.29. The van der Waals surface area contributed by atoms with Crippen LogP contribution in [0.4, 0.5) is 5.69 Å². The lowest BCUT2D eigenvalue weighted by Gasteiger charge is -2.29. The molecular formula is C18H19NO2. The number of carbonyl (C=O) groups excluding carboxylic acids is 1. The molecule has 3 nitrogen and oxygen atoms in total. The summed E-state index contributed by atoms with van der Waals surface area (Å²) >= 11 is 0. The van der Waals surface area contributed by atoms with Gasteiger partial charge in [-0.3, -0.25) is 0 Å². The summed E-state index contributed by atoms with van der Waals surface area (Å²) in [7, 11) is 0. The van der Waals surface area contributed by atoms with Crippen molar-refractivity contribution in [2.45, 2.75) is 26.0 Å². The fourth-order valence-electron chi connectivity index (χ4n) is 2.80. The summed E-state index contributed by atoms with van der Waals surface area (Å²) in [5.41, 5.74) is 3.11. The van der Waals surface area contributed by atoms with Crippen LogP contribution in [-0.2, 0) is 11.2 Å². The highest BCUT2D eigenvalue weighted by atomic mass is 16.6. The van der Waals surface area contributed by atoms with Gasteiger partial charge < -0.3 is 9.64 Å². The molecule has 2 aromatic carbocycles. The van der Waals surface area contributed by atoms with Gasteiger partial charge in [0.2, 0.25) is 0 Å². The second-order valence-electron chi connectivity index (χ2n) is 5.21. The highest BCUT2D eigenvalue weighted by Crippen LogP contribution is 2.30. The second-order valence-corrected chi connectivity index (χ2v) is 5.21. The third kappa shape index (κ3) is 2.77. The van der Waals surface area contributed by atoms with Crippen LogP contribution in [0.2, 0.25) is 0 Å². The number of nitrogens with zero attached hydrogens (tertiary/aromatic N) is 1. The molecule has 3 heteroatoms. The van der Waals surface area contributed by atoms with Crippen molar-refractivity contribution in [1.82, 2.24) is 0 Å². The fraction of sp³-hybridized carbons (Fsp3) is 0.278. The van der Waals surface area contributed by atoms with E-state index in [0.29, 0.717) is 5.56 Å². The molecule has 0 bridgehead atoms. The van der Waals surface area contributed by atoms with Gasteiger partial charge in [0, 0.05) is 18.7 Å². The minimum absolute atomic E-state index is 0.207. The molecule has 0 N–H and O–H groups in total. The standard InChI is InChI=1S/C18H19NO2/c1-2-17(21-18(20)15-9-4-3-5-10-15)19-13-12-14-8-6-7-11-16(14)19/h3-11,17H,2,12-13H2,1H3. The predicted octanol–water partition coefficient (Wildman–Crippen LogP) is 3.64. The van der Waals surface area contributed by atoms with E-state index < -0.39 is 0 Å². The van der Waals surface area contributed by atoms with E-state index in [9.17, 15) is 4.79 Å². The Morgan fingerprint density at radius 3 is 2.62 bits per heavy atom. The molecule has 0 aromatic heterocycles. The summed E-state index contributed by atoms with van der Waals surface area (Å²) in [5, 5.41) is 0. The Kier molecular flexibility index (Phi) is 3.91. The van der Waals surface area contributed by atoms with Gasteiger partial charge in [-0.2, -0.15) is 0 Å². The third-order valence-electron chi connectivity index (χ3n) is 3.87. The van der Waals surface area contributed by atoms with Crippen LogP contribution in [0.15, 0.2) is 54.6 Å². The van der Waals surface area contributed by atoms with Gasteiger partial charge in [0.05, 0.1) is 5.56 Å². The van der Waals surface area contributed by atoms with Crippen LogP contribution in [0.25, 0.3) is 0 Å². The smallest absolute Gasteiger partial charge is 0.340 e. The Labute approximate surface area is 125 Å². The van der Waals surface area contributed by atoms with Crippen molar-refractivity contribution in [3.63, 3.8) is 0 Å². The van der Waals surface area contributed by atoms with Crippen LogP contribution >= 0.6 is 0 Å². The Morgan fingerprint density at radius 2 is 1.86 bits per heavy atom. The maximum absolute atomic E-state index is 12.2. The molecule has 1 unspecified atom stereocenters. The number of benzene rings is 2. The third-order valence-corrected chi connectivity index (χ3v) is 3.87. The number of hydrogen-bond donors (Lipinski definition) is 0. The zero-order valence-corrected chi connectivity index (χ0v) is 12.2. The Balaban J connectivity index is 1.76. The topological polar surface area (TPSA) is 29.5 Å². The zero-order valence-electron chi connectivity index (χ0n) is 12.2. The molecule has 1 aliphatic heterocycles. The van der Waals surface area contributed by atoms with E-state index in [4.69, 9.17) is 4.74 Å². The SMILES string of the molecule is CCC(OC(=O)c1ccccc1)N1CCc2ccccc21. The van der Waals surface area contributed by atoms with Gasteiger partial charge in [-0.25, -0.2) is 4.79 Å². The number of para-hydroxylation sites is 1. The molecule has 0 radical (unpaired) electrons. The first-order valence-corrected chi connectivity index (χ1v) is 7.40. The summed E-state index contributed by atoms with van der Waals surface area (Å²) in [5.74, 6) is -0.258. The first-order valence-electron chi connectivity index (χ1n) is 7.40. The van der Waals surface area contributed by atoms with Gasteiger partial charge in [0.1, 0.15) is 0 Å². The molecule has 0 saturated carbocycles. The highest BCUT2D eigenvalue weighted by molar-refractivity contribution is 5.89. The molecule has 1 atom stereocenters. The van der Waals surface area contributed by atoms with Crippen molar-refractivity contribution in [1.29, 1.82) is 0 Å². The van der Waals surface area contributed by atoms with Crippen LogP contribution in [-0.4, -0.2) is 18.7 Å². The van der Waals surface area contributed by atoms with Gasteiger partial charge in [-0.15, -0.1) is 0 Å². The van der Waals surface area contributed by atoms with E-state index in [1.807, 2.05) is 31.2 Å². The van der Waals surface area contributed by atoms with Crippen molar-refractivity contribution < 1.29 is 9.53 Å². The molecule has 0 fully saturated rings. The number of hydrogen-bond acceptors (Lipinski definition) is 3. The number of rotatable bonds is 4. The second kappa shape index (κ2) is 6.00. The molecular weight excluding hydrogens is 262 g/mol. The molecule has 1 heterocycles. The number of ether oxygens (including phenoxy) is 1. The van der Waals surface area contributed by atoms with Crippen LogP contribution in [0.5, 0.6) is 0 Å². The molecule has 108 valence electrons. The van der Waals surface area contributed by atoms with Gasteiger partial charge in [-0.05, 0) is 30.2 Å². The highest BCUT2D eigenvalue weighted by Gasteiger charge is 2.27. The quantitative estimate of drug-likeness (QED) is 0.801. The normalized spacial score (nSPS) is 14.6. The Morgan fingerprint density at radius 1 is 1.14 bits per heavy atom. The van der Waals surface area contributed by atoms with E-state index in [2.05, 4.69) is 23.1 Å². The van der Waals surface area contributed by atoms with Crippen molar-refractivity contribution in [3.05, 3.63) is 65.7 Å². The van der Waals surface area contributed by atoms with E-state index >= 15 is 0 Å². The first kappa shape index (κ1) is 13.7. The number of carbonyl (C=O) groups is 1. The zero-order chi connectivity index (χ0) is 14.7. The predicted molar refractivity (Wildman–Crippen MR) is 83.4 cm³/mol. The maximum atomic E-state index is 12.2. The Bertz CT molecular complexity index is 624. The monoisotopic (exact) mass is 281 g/mol. The molecule has 0 spiro atoms. The lowest BCUT2D eigenvalue weighted by Crippen LogP contribution is -2.37. The average Bonchev–Trinajstić information content (AvgIpc) is 2.97. The maximum Gasteiger partial charge on any atom is 0.340 e. The molecule has 0 amide bonds. The van der Waals surface area contributed by atoms with Crippen molar-refractivity contribution in [2.24, 2.45) is 0 Å². The molecule has 2 aromatic rings. The van der Waals surface area contributed by atoms with E-state index in [0.717, 1.165) is 19.4 Å². The molecule has 3 rings (SSSR count). The molecule has 0 saturated heterocycles. The van der Waals surface area contributed by atoms with Gasteiger partial charge >= 0.3 is 5.97 Å². The van der Waals surface area contributed by atoms with Gasteiger partial charge in [0.15, 0.2) is 6.23 Å². The van der Waals surface area contributed by atoms with E-state index in [1.165, 1.54) is 11.3 Å². The molecule has 21 heavy (non-hydrogen) atoms. The lowest BCUT2D eigenvalue weighted by molar-refractivity contribution is 0.0288. The summed E-state index contributed by atoms with van der Waals surface area (Å²) < 4.78 is 5.71. The van der Waals surface area contributed by atoms with E-state index in [-0.39, 0.29) is 12.2 Å². The number of esters is 1. The van der Waals surface area contributed by atoms with Crippen molar-refractivity contribution in [3.8, 4) is 0 Å². The largest absolute Gasteiger partial charge is 0.438 e. The van der Waals surface area contributed by atoms with Gasteiger partial charge in [-0.1, -0.05) is 43.3 Å². The number of anilines is 1. The lowest BCUT2D eigenvalue weighted by atomic mass is 10.2. The van der Waals surface area contributed by atoms with Crippen LogP contribution in [0.1, 0.15) is 29.3 Å². The fourth-order valence-corrected chi connectivity index (χ4v) is 2.80.